The Kier molecular flexibility index (Phi) is 6.94. The molecule has 3 aromatic heterocycles. The molecule has 0 saturated heterocycles. The maximum absolute atomic E-state index is 14.0. The molecule has 1 spiro atoms. The Hall–Kier alpha value is -3.63. The molecule has 5 nitrogen and oxygen atoms in total. The molecule has 7 rings (SSSR count). The van der Waals surface area contributed by atoms with Crippen molar-refractivity contribution in [1.82, 2.24) is 19.9 Å². The van der Waals surface area contributed by atoms with Gasteiger partial charge >= 0.3 is 19.5 Å². The molecule has 0 amide bonds. The summed E-state index contributed by atoms with van der Waals surface area (Å²) in [5, 5.41) is 0. The van der Waals surface area contributed by atoms with Gasteiger partial charge in [0.25, 0.3) is 0 Å². The third-order valence-corrected chi connectivity index (χ3v) is 8.85. The van der Waals surface area contributed by atoms with Crippen molar-refractivity contribution in [2.24, 2.45) is 0 Å². The molecule has 8 bridgehead atoms. The van der Waals surface area contributed by atoms with Crippen LogP contribution in [-0.4, -0.2) is 15.8 Å². The number of aryl methyl sites for hydroxylation is 4. The molecule has 0 radical (unpaired) electrons. The third-order valence-electron chi connectivity index (χ3n) is 8.85. The maximum atomic E-state index is 14.0. The monoisotopic (exact) mass is 588 g/mol. The van der Waals surface area contributed by atoms with Crippen molar-refractivity contribution in [3.05, 3.63) is 93.6 Å². The van der Waals surface area contributed by atoms with E-state index < -0.39 is 5.41 Å². The second kappa shape index (κ2) is 10.3. The predicted octanol–water partition coefficient (Wildman–Crippen LogP) is 7.73. The first kappa shape index (κ1) is 27.5. The first-order valence-corrected chi connectivity index (χ1v) is 14.2. The number of hydrogen-bond acceptors (Lipinski definition) is 3. The summed E-state index contributed by atoms with van der Waals surface area (Å²) < 4.78 is 0. The molecule has 0 N–H and O–H groups in total. The van der Waals surface area contributed by atoms with Crippen LogP contribution in [0.2, 0.25) is 0 Å². The molecule has 5 heterocycles. The number of hydrogen-bond donors (Lipinski definition) is 0. The number of carbonyl (C=O) groups excluding carboxylic acids is 1. The van der Waals surface area contributed by atoms with Crippen molar-refractivity contribution in [2.45, 2.75) is 65.2 Å². The second-order valence-corrected chi connectivity index (χ2v) is 11.6. The Balaban J connectivity index is 0.00000302. The summed E-state index contributed by atoms with van der Waals surface area (Å²) in [5.74, 6) is 0.123. The van der Waals surface area contributed by atoms with Gasteiger partial charge in [0.15, 0.2) is 5.78 Å². The quantitative estimate of drug-likeness (QED) is 0.187. The van der Waals surface area contributed by atoms with Crippen LogP contribution in [0.5, 0.6) is 0 Å². The van der Waals surface area contributed by atoms with Crippen LogP contribution < -0.4 is 9.97 Å². The van der Waals surface area contributed by atoms with Gasteiger partial charge in [0.05, 0.1) is 22.5 Å². The van der Waals surface area contributed by atoms with E-state index in [0.29, 0.717) is 5.69 Å². The van der Waals surface area contributed by atoms with Crippen LogP contribution in [0, 0.1) is 27.7 Å². The molecule has 4 aromatic rings. The van der Waals surface area contributed by atoms with E-state index in [1.54, 1.807) is 0 Å². The van der Waals surface area contributed by atoms with Gasteiger partial charge in [-0.05, 0) is 86.6 Å². The molecule has 2 aliphatic heterocycles. The molecular weight excluding hydrogens is 558 g/mol. The Morgan fingerprint density at radius 2 is 1.34 bits per heavy atom. The van der Waals surface area contributed by atoms with Gasteiger partial charge in [-0.3, -0.25) is 4.79 Å². The standard InChI is InChI=1S/C35H33N4O.Zn/c1-20-16-21(2)32(22(3)17-20)33-28-11-9-24(37-28)18-30-34(40)35(14-6-5-7-15-35)31(39-30)19-25-8-10-26(36-25)23(4)27-12-13-29(33)38-27;/h8-13,16-19H,5-7,14-15H2,1-4H3,(H-,36,37,38,39,40);/q-1;+2/p-1. The molecule has 1 aliphatic carbocycles. The number of aromatic nitrogens is 4. The van der Waals surface area contributed by atoms with Gasteiger partial charge in [-0.2, -0.15) is 0 Å². The first-order chi connectivity index (χ1) is 19.3. The number of rotatable bonds is 1. The zero-order chi connectivity index (χ0) is 27.6. The fourth-order valence-corrected chi connectivity index (χ4v) is 6.90. The SMILES string of the molecule is Cc1cc(C)c(-c2c3nc(c(C)c4ccc(cc5nc(cc6ccc2[n-]6)C(=O)C52CCCCC2)[n-]4)C=C3)c(C)c1.[Zn+2]. The van der Waals surface area contributed by atoms with Gasteiger partial charge in [0, 0.05) is 0 Å². The van der Waals surface area contributed by atoms with E-state index in [4.69, 9.17) is 19.9 Å². The zero-order valence-corrected chi connectivity index (χ0v) is 27.2. The number of fused-ring (bicyclic) bond motifs is 9. The number of Topliss-reactive ketones (excluding diaryl/α,β-unsaturated/α-hetero) is 1. The molecule has 1 aromatic carbocycles. The Bertz CT molecular complexity index is 1880. The summed E-state index contributed by atoms with van der Waals surface area (Å²) in [6, 6.07) is 16.4. The average molecular weight is 590 g/mol. The average Bonchev–Trinajstić information content (AvgIpc) is 3.73. The summed E-state index contributed by atoms with van der Waals surface area (Å²) in [7, 11) is 0. The molecule has 200 valence electrons. The van der Waals surface area contributed by atoms with Gasteiger partial charge in [0.2, 0.25) is 0 Å². The maximum Gasteiger partial charge on any atom is 2.00 e. The molecule has 1 fully saturated rings. The molecule has 3 aliphatic rings. The van der Waals surface area contributed by atoms with Crippen molar-refractivity contribution in [1.29, 1.82) is 0 Å². The van der Waals surface area contributed by atoms with Crippen LogP contribution in [0.15, 0.2) is 48.5 Å². The summed E-state index contributed by atoms with van der Waals surface area (Å²) in [4.78, 5) is 34.0. The normalized spacial score (nSPS) is 15.8. The fourth-order valence-electron chi connectivity index (χ4n) is 6.90. The largest absolute Gasteiger partial charge is 2.00 e. The smallest absolute Gasteiger partial charge is 0.658 e. The van der Waals surface area contributed by atoms with Gasteiger partial charge in [0.1, 0.15) is 5.69 Å². The minimum Gasteiger partial charge on any atom is -0.658 e. The molecule has 0 unspecified atom stereocenters. The molecule has 0 atom stereocenters. The molecule has 1 saturated carbocycles. The number of carbonyl (C=O) groups is 1. The van der Waals surface area contributed by atoms with Crippen molar-refractivity contribution in [3.63, 3.8) is 0 Å². The minimum absolute atomic E-state index is 0. The Labute approximate surface area is 253 Å². The Morgan fingerprint density at radius 1 is 0.707 bits per heavy atom. The van der Waals surface area contributed by atoms with Crippen molar-refractivity contribution < 1.29 is 24.3 Å². The van der Waals surface area contributed by atoms with E-state index in [1.165, 1.54) is 16.7 Å². The fraction of sp³-hybridized carbons (Fsp3) is 0.286. The van der Waals surface area contributed by atoms with E-state index in [-0.39, 0.29) is 25.3 Å². The summed E-state index contributed by atoms with van der Waals surface area (Å²) >= 11 is 0. The number of nitrogens with zero attached hydrogens (tertiary/aromatic N) is 4. The van der Waals surface area contributed by atoms with E-state index in [1.807, 2.05) is 36.4 Å². The minimum atomic E-state index is -0.555. The van der Waals surface area contributed by atoms with Gasteiger partial charge in [-0.25, -0.2) is 9.97 Å². The summed E-state index contributed by atoms with van der Waals surface area (Å²) in [5.41, 5.74) is 12.6. The van der Waals surface area contributed by atoms with Crippen LogP contribution in [0.3, 0.4) is 0 Å². The first-order valence-electron chi connectivity index (χ1n) is 14.2. The van der Waals surface area contributed by atoms with Crippen LogP contribution in [0.25, 0.3) is 45.3 Å². The van der Waals surface area contributed by atoms with Crippen LogP contribution in [0.4, 0.5) is 0 Å². The second-order valence-electron chi connectivity index (χ2n) is 11.6. The number of ketones is 1. The van der Waals surface area contributed by atoms with Gasteiger partial charge < -0.3 is 9.97 Å². The topological polar surface area (TPSA) is 71.1 Å². The predicted molar refractivity (Wildman–Crippen MR) is 161 cm³/mol. The van der Waals surface area contributed by atoms with E-state index in [2.05, 4.69) is 52.0 Å². The zero-order valence-electron chi connectivity index (χ0n) is 24.2. The van der Waals surface area contributed by atoms with Crippen molar-refractivity contribution in [2.75, 3.05) is 0 Å². The van der Waals surface area contributed by atoms with Crippen molar-refractivity contribution >= 4 is 40.0 Å². The summed E-state index contributed by atoms with van der Waals surface area (Å²) in [6.07, 6.45) is 9.06. The van der Waals surface area contributed by atoms with Crippen LogP contribution in [-0.2, 0) is 24.9 Å². The number of benzene rings is 1. The van der Waals surface area contributed by atoms with Gasteiger partial charge in [-0.1, -0.05) is 67.3 Å². The summed E-state index contributed by atoms with van der Waals surface area (Å²) in [6.45, 7) is 8.50. The van der Waals surface area contributed by atoms with Crippen LogP contribution >= 0.6 is 0 Å². The van der Waals surface area contributed by atoms with Crippen molar-refractivity contribution in [3.8, 4) is 11.1 Å². The Morgan fingerprint density at radius 3 is 2.07 bits per heavy atom. The molecular formula is C35H32N4OZn. The third kappa shape index (κ3) is 4.53. The van der Waals surface area contributed by atoms with E-state index >= 15 is 0 Å². The molecule has 6 heteroatoms. The van der Waals surface area contributed by atoms with E-state index in [9.17, 15) is 4.79 Å². The van der Waals surface area contributed by atoms with Gasteiger partial charge in [-0.15, -0.1) is 22.1 Å². The molecule has 41 heavy (non-hydrogen) atoms. The van der Waals surface area contributed by atoms with Crippen LogP contribution in [0.1, 0.15) is 81.9 Å². The van der Waals surface area contributed by atoms with E-state index in [0.717, 1.165) is 87.9 Å².